The second-order valence-electron chi connectivity index (χ2n) is 2.36. The SMILES string of the molecule is C=C(Br)CN(C)CCNC. The monoisotopic (exact) mass is 206 g/mol. The molecule has 1 N–H and O–H groups in total. The number of nitrogens with one attached hydrogen (secondary N) is 1. The Balaban J connectivity index is 3.25. The summed E-state index contributed by atoms with van der Waals surface area (Å²) >= 11 is 3.31. The molecule has 0 aromatic heterocycles. The standard InChI is InChI=1S/C7H15BrN2/c1-7(8)6-10(3)5-4-9-2/h9H,1,4-6H2,2-3H3. The number of hydrogen-bond donors (Lipinski definition) is 1. The summed E-state index contributed by atoms with van der Waals surface area (Å²) in [5.41, 5.74) is 0. The van der Waals surface area contributed by atoms with Crippen molar-refractivity contribution in [3.05, 3.63) is 11.1 Å². The van der Waals surface area contributed by atoms with Crippen molar-refractivity contribution in [2.75, 3.05) is 33.7 Å². The molecule has 60 valence electrons. The average Bonchev–Trinajstić information content (AvgIpc) is 1.82. The predicted octanol–water partition coefficient (Wildman–Crippen LogP) is 1.05. The van der Waals surface area contributed by atoms with Gasteiger partial charge in [0.05, 0.1) is 0 Å². The van der Waals surface area contributed by atoms with Crippen molar-refractivity contribution in [2.45, 2.75) is 0 Å². The van der Waals surface area contributed by atoms with Gasteiger partial charge in [-0.15, -0.1) is 0 Å². The van der Waals surface area contributed by atoms with Gasteiger partial charge in [-0.25, -0.2) is 0 Å². The minimum Gasteiger partial charge on any atom is -0.318 e. The van der Waals surface area contributed by atoms with Crippen LogP contribution in [0.2, 0.25) is 0 Å². The molecule has 0 spiro atoms. The molecular weight excluding hydrogens is 192 g/mol. The molecular formula is C7H15BrN2. The van der Waals surface area contributed by atoms with Crippen LogP contribution in [0.3, 0.4) is 0 Å². The van der Waals surface area contributed by atoms with Crippen molar-refractivity contribution in [3.63, 3.8) is 0 Å². The minimum atomic E-state index is 0.918. The van der Waals surface area contributed by atoms with E-state index < -0.39 is 0 Å². The smallest absolute Gasteiger partial charge is 0.0291 e. The summed E-state index contributed by atoms with van der Waals surface area (Å²) in [5.74, 6) is 0. The number of hydrogen-bond acceptors (Lipinski definition) is 2. The van der Waals surface area contributed by atoms with E-state index in [9.17, 15) is 0 Å². The third-order valence-electron chi connectivity index (χ3n) is 1.19. The van der Waals surface area contributed by atoms with Gasteiger partial charge in [-0.05, 0) is 14.1 Å². The Bertz CT molecular complexity index is 104. The molecule has 0 aliphatic heterocycles. The maximum atomic E-state index is 3.76. The lowest BCUT2D eigenvalue weighted by Crippen LogP contribution is -2.28. The van der Waals surface area contributed by atoms with Crippen LogP contribution in [0.25, 0.3) is 0 Å². The van der Waals surface area contributed by atoms with Crippen LogP contribution in [0.5, 0.6) is 0 Å². The summed E-state index contributed by atoms with van der Waals surface area (Å²) in [7, 11) is 4.03. The Morgan fingerprint density at radius 3 is 2.70 bits per heavy atom. The fourth-order valence-electron chi connectivity index (χ4n) is 0.675. The topological polar surface area (TPSA) is 15.3 Å². The van der Waals surface area contributed by atoms with Crippen LogP contribution in [0.15, 0.2) is 11.1 Å². The number of halogens is 1. The quantitative estimate of drug-likeness (QED) is 0.724. The number of nitrogens with zero attached hydrogens (tertiary/aromatic N) is 1. The van der Waals surface area contributed by atoms with E-state index in [1.54, 1.807) is 0 Å². The van der Waals surface area contributed by atoms with E-state index in [1.807, 2.05) is 7.05 Å². The van der Waals surface area contributed by atoms with Crippen molar-refractivity contribution in [3.8, 4) is 0 Å². The molecule has 0 atom stereocenters. The van der Waals surface area contributed by atoms with Crippen LogP contribution >= 0.6 is 15.9 Å². The van der Waals surface area contributed by atoms with Crippen LogP contribution in [0, 0.1) is 0 Å². The fourth-order valence-corrected chi connectivity index (χ4v) is 1.10. The zero-order chi connectivity index (χ0) is 7.98. The third-order valence-corrected chi connectivity index (χ3v) is 1.44. The fraction of sp³-hybridized carbons (Fsp3) is 0.714. The first kappa shape index (κ1) is 10.1. The molecule has 0 fully saturated rings. The minimum absolute atomic E-state index is 0.918. The van der Waals surface area contributed by atoms with Crippen molar-refractivity contribution >= 4 is 15.9 Å². The summed E-state index contributed by atoms with van der Waals surface area (Å²) in [6.07, 6.45) is 0. The van der Waals surface area contributed by atoms with Gasteiger partial charge in [0.15, 0.2) is 0 Å². The highest BCUT2D eigenvalue weighted by atomic mass is 79.9. The molecule has 0 aliphatic carbocycles. The van der Waals surface area contributed by atoms with Crippen LogP contribution in [0.4, 0.5) is 0 Å². The molecule has 0 heterocycles. The maximum Gasteiger partial charge on any atom is 0.0291 e. The van der Waals surface area contributed by atoms with Crippen molar-refractivity contribution in [1.82, 2.24) is 10.2 Å². The van der Waals surface area contributed by atoms with E-state index in [2.05, 4.69) is 39.8 Å². The summed E-state index contributed by atoms with van der Waals surface area (Å²) < 4.78 is 1.03. The highest BCUT2D eigenvalue weighted by Crippen LogP contribution is 2.01. The van der Waals surface area contributed by atoms with Gasteiger partial charge < -0.3 is 10.2 Å². The Morgan fingerprint density at radius 2 is 2.30 bits per heavy atom. The van der Waals surface area contributed by atoms with Crippen LogP contribution in [-0.4, -0.2) is 38.6 Å². The molecule has 0 aromatic rings. The van der Waals surface area contributed by atoms with E-state index in [0.29, 0.717) is 0 Å². The summed E-state index contributed by atoms with van der Waals surface area (Å²) in [5, 5.41) is 3.09. The van der Waals surface area contributed by atoms with E-state index in [4.69, 9.17) is 0 Å². The maximum absolute atomic E-state index is 3.76. The van der Waals surface area contributed by atoms with Gasteiger partial charge >= 0.3 is 0 Å². The summed E-state index contributed by atoms with van der Waals surface area (Å²) in [6.45, 7) is 6.76. The molecule has 0 amide bonds. The Kier molecular flexibility index (Phi) is 5.97. The van der Waals surface area contributed by atoms with Crippen molar-refractivity contribution in [2.24, 2.45) is 0 Å². The second-order valence-corrected chi connectivity index (χ2v) is 3.48. The highest BCUT2D eigenvalue weighted by Gasteiger charge is 1.96. The van der Waals surface area contributed by atoms with Crippen LogP contribution in [-0.2, 0) is 0 Å². The predicted molar refractivity (Wildman–Crippen MR) is 49.5 cm³/mol. The van der Waals surface area contributed by atoms with Crippen molar-refractivity contribution < 1.29 is 0 Å². The lowest BCUT2D eigenvalue weighted by atomic mass is 10.5. The first-order valence-corrected chi connectivity index (χ1v) is 4.12. The molecule has 10 heavy (non-hydrogen) atoms. The molecule has 0 bridgehead atoms. The summed E-state index contributed by atoms with van der Waals surface area (Å²) in [6, 6.07) is 0. The molecule has 0 aromatic carbocycles. The molecule has 0 radical (unpaired) electrons. The average molecular weight is 207 g/mol. The summed E-state index contributed by atoms with van der Waals surface area (Å²) in [4.78, 5) is 2.20. The highest BCUT2D eigenvalue weighted by molar-refractivity contribution is 9.11. The van der Waals surface area contributed by atoms with Gasteiger partial charge in [-0.2, -0.15) is 0 Å². The van der Waals surface area contributed by atoms with E-state index in [-0.39, 0.29) is 0 Å². The van der Waals surface area contributed by atoms with E-state index in [0.717, 1.165) is 24.1 Å². The van der Waals surface area contributed by atoms with Gasteiger partial charge in [0.2, 0.25) is 0 Å². The normalized spacial score (nSPS) is 10.4. The van der Waals surface area contributed by atoms with Gasteiger partial charge in [0.1, 0.15) is 0 Å². The van der Waals surface area contributed by atoms with Gasteiger partial charge in [-0.3, -0.25) is 0 Å². The van der Waals surface area contributed by atoms with E-state index in [1.165, 1.54) is 0 Å². The lowest BCUT2D eigenvalue weighted by Gasteiger charge is -2.14. The first-order chi connectivity index (χ1) is 4.66. The Labute approximate surface area is 71.4 Å². The molecule has 0 aliphatic rings. The lowest BCUT2D eigenvalue weighted by molar-refractivity contribution is 0.369. The zero-order valence-corrected chi connectivity index (χ0v) is 8.24. The zero-order valence-electron chi connectivity index (χ0n) is 6.65. The van der Waals surface area contributed by atoms with Crippen LogP contribution in [0.1, 0.15) is 0 Å². The van der Waals surface area contributed by atoms with Gasteiger partial charge in [-0.1, -0.05) is 22.5 Å². The Morgan fingerprint density at radius 1 is 1.70 bits per heavy atom. The molecule has 0 rings (SSSR count). The second kappa shape index (κ2) is 5.89. The molecule has 2 nitrogen and oxygen atoms in total. The van der Waals surface area contributed by atoms with Crippen molar-refractivity contribution in [1.29, 1.82) is 0 Å². The van der Waals surface area contributed by atoms with E-state index >= 15 is 0 Å². The number of likely N-dealkylation sites (N-methyl/N-ethyl adjacent to an activating group) is 2. The molecule has 0 saturated heterocycles. The number of rotatable bonds is 5. The van der Waals surface area contributed by atoms with Gasteiger partial charge in [0.25, 0.3) is 0 Å². The molecule has 0 saturated carbocycles. The van der Waals surface area contributed by atoms with Gasteiger partial charge in [0, 0.05) is 24.1 Å². The molecule has 0 unspecified atom stereocenters. The van der Waals surface area contributed by atoms with Crippen LogP contribution < -0.4 is 5.32 Å². The first-order valence-electron chi connectivity index (χ1n) is 3.33. The largest absolute Gasteiger partial charge is 0.318 e. The third kappa shape index (κ3) is 6.26. The Hall–Kier alpha value is 0.140. The molecule has 3 heteroatoms.